The number of sulfonamides is 1. The second kappa shape index (κ2) is 7.79. The van der Waals surface area contributed by atoms with Crippen LogP contribution in [-0.2, 0) is 14.8 Å². The Hall–Kier alpha value is -1.87. The molecule has 144 valence electrons. The van der Waals surface area contributed by atoms with Crippen molar-refractivity contribution in [2.75, 3.05) is 25.9 Å². The fourth-order valence-electron chi connectivity index (χ4n) is 3.65. The molecule has 0 radical (unpaired) electrons. The summed E-state index contributed by atoms with van der Waals surface area (Å²) in [5.41, 5.74) is 0. The molecular formula is C17H25N3O5S. The van der Waals surface area contributed by atoms with Gasteiger partial charge in [-0.15, -0.1) is 0 Å². The summed E-state index contributed by atoms with van der Waals surface area (Å²) in [7, 11) is -3.27. The van der Waals surface area contributed by atoms with Crippen molar-refractivity contribution in [1.82, 2.24) is 14.5 Å². The van der Waals surface area contributed by atoms with Crippen LogP contribution < -0.4 is 5.32 Å². The third kappa shape index (κ3) is 4.27. The lowest BCUT2D eigenvalue weighted by molar-refractivity contribution is -0.127. The Morgan fingerprint density at radius 1 is 1.19 bits per heavy atom. The summed E-state index contributed by atoms with van der Waals surface area (Å²) in [6.07, 6.45) is 6.38. The van der Waals surface area contributed by atoms with Gasteiger partial charge in [-0.25, -0.2) is 12.7 Å². The molecule has 3 heterocycles. The molecule has 2 aliphatic rings. The van der Waals surface area contributed by atoms with E-state index in [1.807, 2.05) is 0 Å². The van der Waals surface area contributed by atoms with Crippen LogP contribution >= 0.6 is 0 Å². The van der Waals surface area contributed by atoms with E-state index in [-0.39, 0.29) is 30.2 Å². The lowest BCUT2D eigenvalue weighted by Crippen LogP contribution is -2.56. The van der Waals surface area contributed by atoms with Crippen LogP contribution in [0.25, 0.3) is 0 Å². The van der Waals surface area contributed by atoms with Crippen molar-refractivity contribution in [1.29, 1.82) is 0 Å². The molecule has 2 saturated heterocycles. The van der Waals surface area contributed by atoms with E-state index in [0.717, 1.165) is 19.3 Å². The highest BCUT2D eigenvalue weighted by Gasteiger charge is 2.35. The van der Waals surface area contributed by atoms with Crippen LogP contribution in [0.1, 0.15) is 42.7 Å². The fraction of sp³-hybridized carbons (Fsp3) is 0.647. The summed E-state index contributed by atoms with van der Waals surface area (Å²) in [5.74, 6) is -0.271. The summed E-state index contributed by atoms with van der Waals surface area (Å²) in [6.45, 7) is 1.28. The number of nitrogens with zero attached hydrogens (tertiary/aromatic N) is 2. The molecule has 2 unspecified atom stereocenters. The number of carbonyl (C=O) groups is 2. The molecular weight excluding hydrogens is 358 g/mol. The number of amides is 2. The Balaban J connectivity index is 1.66. The number of furan rings is 1. The second-order valence-electron chi connectivity index (χ2n) is 6.96. The first kappa shape index (κ1) is 18.9. The zero-order valence-corrected chi connectivity index (χ0v) is 15.7. The summed E-state index contributed by atoms with van der Waals surface area (Å²) in [6, 6.07) is 2.47. The summed E-state index contributed by atoms with van der Waals surface area (Å²) < 4.78 is 30.1. The predicted molar refractivity (Wildman–Crippen MR) is 95.0 cm³/mol. The summed E-state index contributed by atoms with van der Waals surface area (Å²) in [4.78, 5) is 27.0. The number of carbonyl (C=O) groups excluding carboxylic acids is 2. The van der Waals surface area contributed by atoms with Gasteiger partial charge in [-0.05, 0) is 44.2 Å². The van der Waals surface area contributed by atoms with Gasteiger partial charge < -0.3 is 14.6 Å². The van der Waals surface area contributed by atoms with Gasteiger partial charge in [0.2, 0.25) is 15.9 Å². The predicted octanol–water partition coefficient (Wildman–Crippen LogP) is 0.815. The Kier molecular flexibility index (Phi) is 5.67. The molecule has 0 bridgehead atoms. The number of hydrogen-bond acceptors (Lipinski definition) is 5. The molecule has 9 heteroatoms. The quantitative estimate of drug-likeness (QED) is 0.830. The smallest absolute Gasteiger partial charge is 0.290 e. The van der Waals surface area contributed by atoms with Gasteiger partial charge in [-0.1, -0.05) is 0 Å². The molecule has 2 fully saturated rings. The molecule has 0 aliphatic carbocycles. The van der Waals surface area contributed by atoms with E-state index in [4.69, 9.17) is 4.42 Å². The molecule has 8 nitrogen and oxygen atoms in total. The van der Waals surface area contributed by atoms with Crippen molar-refractivity contribution < 1.29 is 22.4 Å². The fourth-order valence-corrected chi connectivity index (χ4v) is 4.56. The first-order valence-corrected chi connectivity index (χ1v) is 10.8. The van der Waals surface area contributed by atoms with Crippen molar-refractivity contribution in [3.8, 4) is 0 Å². The number of nitrogens with one attached hydrogen (secondary N) is 1. The maximum Gasteiger partial charge on any atom is 0.290 e. The van der Waals surface area contributed by atoms with Crippen molar-refractivity contribution >= 4 is 21.8 Å². The van der Waals surface area contributed by atoms with Crippen LogP contribution in [0.5, 0.6) is 0 Å². The minimum atomic E-state index is -3.27. The molecule has 1 N–H and O–H groups in total. The molecule has 2 atom stereocenters. The molecule has 1 aromatic rings. The SMILES string of the molecule is CS(=O)(=O)N1CCCC(NC(=O)C2CCCCN2C(=O)c2ccco2)C1. The lowest BCUT2D eigenvalue weighted by Gasteiger charge is -2.37. The van der Waals surface area contributed by atoms with Crippen molar-refractivity contribution in [3.63, 3.8) is 0 Å². The average molecular weight is 383 g/mol. The van der Waals surface area contributed by atoms with E-state index in [1.165, 1.54) is 16.8 Å². The minimum Gasteiger partial charge on any atom is -0.459 e. The average Bonchev–Trinajstić information content (AvgIpc) is 3.15. The van der Waals surface area contributed by atoms with Crippen LogP contribution in [0.15, 0.2) is 22.8 Å². The molecule has 0 saturated carbocycles. The minimum absolute atomic E-state index is 0.218. The monoisotopic (exact) mass is 383 g/mol. The second-order valence-corrected chi connectivity index (χ2v) is 8.94. The maximum absolute atomic E-state index is 12.8. The third-order valence-electron chi connectivity index (χ3n) is 5.00. The number of likely N-dealkylation sites (tertiary alicyclic amines) is 1. The van der Waals surface area contributed by atoms with Crippen molar-refractivity contribution in [2.45, 2.75) is 44.2 Å². The highest BCUT2D eigenvalue weighted by atomic mass is 32.2. The van der Waals surface area contributed by atoms with E-state index in [0.29, 0.717) is 25.9 Å². The Morgan fingerprint density at radius 2 is 2.00 bits per heavy atom. The van der Waals surface area contributed by atoms with E-state index in [2.05, 4.69) is 5.32 Å². The van der Waals surface area contributed by atoms with Gasteiger partial charge in [0.15, 0.2) is 5.76 Å². The Morgan fingerprint density at radius 3 is 2.69 bits per heavy atom. The largest absolute Gasteiger partial charge is 0.459 e. The van der Waals surface area contributed by atoms with E-state index in [9.17, 15) is 18.0 Å². The van der Waals surface area contributed by atoms with E-state index >= 15 is 0 Å². The first-order valence-electron chi connectivity index (χ1n) is 8.96. The van der Waals surface area contributed by atoms with Crippen molar-refractivity contribution in [3.05, 3.63) is 24.2 Å². The van der Waals surface area contributed by atoms with Crippen molar-refractivity contribution in [2.24, 2.45) is 0 Å². The molecule has 26 heavy (non-hydrogen) atoms. The van der Waals surface area contributed by atoms with Gasteiger partial charge >= 0.3 is 0 Å². The first-order chi connectivity index (χ1) is 12.4. The van der Waals surface area contributed by atoms with Crippen LogP contribution in [0.4, 0.5) is 0 Å². The third-order valence-corrected chi connectivity index (χ3v) is 6.27. The van der Waals surface area contributed by atoms with Crippen LogP contribution in [0, 0.1) is 0 Å². The van der Waals surface area contributed by atoms with E-state index < -0.39 is 16.1 Å². The number of piperidine rings is 2. The molecule has 2 aliphatic heterocycles. The molecule has 3 rings (SSSR count). The van der Waals surface area contributed by atoms with Gasteiger partial charge in [0.1, 0.15) is 6.04 Å². The van der Waals surface area contributed by atoms with Crippen LogP contribution in [0.3, 0.4) is 0 Å². The maximum atomic E-state index is 12.8. The van der Waals surface area contributed by atoms with Gasteiger partial charge in [-0.2, -0.15) is 0 Å². The lowest BCUT2D eigenvalue weighted by atomic mass is 9.99. The summed E-state index contributed by atoms with van der Waals surface area (Å²) >= 11 is 0. The topological polar surface area (TPSA) is 99.9 Å². The van der Waals surface area contributed by atoms with Gasteiger partial charge in [0.25, 0.3) is 5.91 Å². The van der Waals surface area contributed by atoms with Gasteiger partial charge in [-0.3, -0.25) is 9.59 Å². The standard InChI is InChI=1S/C17H25N3O5S/c1-26(23,24)19-9-4-6-13(12-19)18-16(21)14-7-2-3-10-20(14)17(22)15-8-5-11-25-15/h5,8,11,13-14H,2-4,6-7,9-10,12H2,1H3,(H,18,21). The Bertz CT molecular complexity index is 746. The zero-order chi connectivity index (χ0) is 18.7. The zero-order valence-electron chi connectivity index (χ0n) is 14.9. The summed E-state index contributed by atoms with van der Waals surface area (Å²) in [5, 5.41) is 2.95. The molecule has 0 aromatic carbocycles. The van der Waals surface area contributed by atoms with E-state index in [1.54, 1.807) is 17.0 Å². The van der Waals surface area contributed by atoms with Gasteiger partial charge in [0.05, 0.1) is 12.5 Å². The molecule has 0 spiro atoms. The number of hydrogen-bond donors (Lipinski definition) is 1. The molecule has 2 amide bonds. The molecule has 1 aromatic heterocycles. The van der Waals surface area contributed by atoms with Crippen LogP contribution in [-0.4, -0.2) is 67.4 Å². The normalized spacial score (nSPS) is 25.0. The van der Waals surface area contributed by atoms with Gasteiger partial charge in [0, 0.05) is 25.7 Å². The number of rotatable bonds is 4. The highest BCUT2D eigenvalue weighted by Crippen LogP contribution is 2.21. The Labute approximate surface area is 153 Å². The highest BCUT2D eigenvalue weighted by molar-refractivity contribution is 7.88. The van der Waals surface area contributed by atoms with Crippen LogP contribution in [0.2, 0.25) is 0 Å².